The molecule has 1 unspecified atom stereocenters. The fourth-order valence-corrected chi connectivity index (χ4v) is 7.92. The zero-order chi connectivity index (χ0) is 40.7. The van der Waals surface area contributed by atoms with Crippen molar-refractivity contribution in [2.24, 2.45) is 13.0 Å². The van der Waals surface area contributed by atoms with Gasteiger partial charge in [0.1, 0.15) is 29.4 Å². The summed E-state index contributed by atoms with van der Waals surface area (Å²) in [7, 11) is -2.28. The van der Waals surface area contributed by atoms with Crippen LogP contribution in [0.3, 0.4) is 0 Å². The number of aliphatic hydroxyl groups is 1. The van der Waals surface area contributed by atoms with Gasteiger partial charge in [-0.2, -0.15) is 32.1 Å². The van der Waals surface area contributed by atoms with Gasteiger partial charge < -0.3 is 10.4 Å². The highest BCUT2D eigenvalue weighted by molar-refractivity contribution is 7.92. The van der Waals surface area contributed by atoms with E-state index in [2.05, 4.69) is 32.1 Å². The van der Waals surface area contributed by atoms with Crippen LogP contribution in [0, 0.1) is 23.6 Å². The van der Waals surface area contributed by atoms with Crippen LogP contribution in [-0.4, -0.2) is 55.8 Å². The summed E-state index contributed by atoms with van der Waals surface area (Å²) in [5, 5.41) is 21.2. The van der Waals surface area contributed by atoms with E-state index in [0.717, 1.165) is 6.26 Å². The molecule has 0 bridgehead atoms. The fourth-order valence-electron chi connectivity index (χ4n) is 7.18. The van der Waals surface area contributed by atoms with Gasteiger partial charge in [-0.15, -0.1) is 0 Å². The quantitative estimate of drug-likeness (QED) is 0.115. The first-order chi connectivity index (χ1) is 26.0. The number of anilines is 1. The van der Waals surface area contributed by atoms with Crippen molar-refractivity contribution in [2.45, 2.75) is 62.9 Å². The first kappa shape index (κ1) is 39.1. The molecule has 3 N–H and O–H groups in total. The number of aromatic nitrogens is 5. The molecule has 2 aromatic carbocycles. The van der Waals surface area contributed by atoms with Gasteiger partial charge in [0.2, 0.25) is 15.9 Å². The number of nitrogens with one attached hydrogen (secondary N) is 2. The van der Waals surface area contributed by atoms with Crippen molar-refractivity contribution in [1.29, 1.82) is 0 Å². The molecule has 5 aromatic rings. The average Bonchev–Trinajstić information content (AvgIpc) is 3.61. The first-order valence-electron chi connectivity index (χ1n) is 17.0. The number of halogens is 7. The maximum atomic E-state index is 15.4. The Hall–Kier alpha value is -5.12. The summed E-state index contributed by atoms with van der Waals surface area (Å²) in [5.74, 6) is -2.26. The molecule has 11 nitrogen and oxygen atoms in total. The molecular formula is C37H32ClF6N7O4S. The smallest absolute Gasteiger partial charge is 0.378 e. The fraction of sp³-hybridized carbons (Fsp3) is 0.351. The molecule has 3 atom stereocenters. The van der Waals surface area contributed by atoms with Gasteiger partial charge in [-0.05, 0) is 74.4 Å². The maximum Gasteiger partial charge on any atom is 0.435 e. The van der Waals surface area contributed by atoms with Crippen LogP contribution in [0.4, 0.5) is 32.2 Å². The van der Waals surface area contributed by atoms with Crippen LogP contribution in [0.2, 0.25) is 5.02 Å². The second-order valence-corrected chi connectivity index (χ2v) is 16.6. The van der Waals surface area contributed by atoms with Crippen LogP contribution >= 0.6 is 11.6 Å². The SMILES string of the molecule is Cn1nc(NS(C)(=O)=O)c2c(Cl)ccc(-c3ccc(C#CC(C)(C)O)nc3[C@H](Cc3cccc(F)c3)NC(=O)Cn3nc(C(F)(F)F)c4c3C(F)(F)[C@@H]3CC43)c21. The van der Waals surface area contributed by atoms with Crippen LogP contribution in [0.1, 0.15) is 66.1 Å². The lowest BCUT2D eigenvalue weighted by molar-refractivity contribution is -0.142. The van der Waals surface area contributed by atoms with Gasteiger partial charge in [0.25, 0.3) is 5.92 Å². The Kier molecular flexibility index (Phi) is 9.45. The van der Waals surface area contributed by atoms with Crippen LogP contribution < -0.4 is 10.0 Å². The second kappa shape index (κ2) is 13.5. The van der Waals surface area contributed by atoms with Gasteiger partial charge in [-0.1, -0.05) is 35.7 Å². The number of fused-ring (bicyclic) bond motifs is 4. The van der Waals surface area contributed by atoms with Gasteiger partial charge in [-0.25, -0.2) is 17.8 Å². The van der Waals surface area contributed by atoms with Crippen molar-refractivity contribution < 1.29 is 44.7 Å². The molecule has 7 rings (SSSR count). The summed E-state index contributed by atoms with van der Waals surface area (Å²) in [6.45, 7) is 1.87. The molecule has 0 saturated heterocycles. The molecule has 0 radical (unpaired) electrons. The third-order valence-corrected chi connectivity index (χ3v) is 10.3. The molecular weight excluding hydrogens is 788 g/mol. The van der Waals surface area contributed by atoms with E-state index < -0.39 is 80.8 Å². The molecule has 0 spiro atoms. The number of nitrogens with zero attached hydrogens (tertiary/aromatic N) is 5. The maximum absolute atomic E-state index is 15.4. The van der Waals surface area contributed by atoms with Crippen molar-refractivity contribution >= 4 is 44.3 Å². The highest BCUT2D eigenvalue weighted by Gasteiger charge is 2.68. The summed E-state index contributed by atoms with van der Waals surface area (Å²) in [5.41, 5.74) is -2.92. The Labute approximate surface area is 321 Å². The molecule has 2 aliphatic rings. The average molecular weight is 820 g/mol. The molecule has 3 heterocycles. The monoisotopic (exact) mass is 819 g/mol. The lowest BCUT2D eigenvalue weighted by atomic mass is 9.93. The zero-order valence-corrected chi connectivity index (χ0v) is 31.5. The predicted molar refractivity (Wildman–Crippen MR) is 194 cm³/mol. The minimum Gasteiger partial charge on any atom is -0.378 e. The number of carbonyl (C=O) groups excluding carboxylic acids is 1. The number of carbonyl (C=O) groups is 1. The van der Waals surface area contributed by atoms with Crippen molar-refractivity contribution in [3.63, 3.8) is 0 Å². The Morgan fingerprint density at radius 1 is 1.12 bits per heavy atom. The van der Waals surface area contributed by atoms with Crippen molar-refractivity contribution in [1.82, 2.24) is 29.9 Å². The van der Waals surface area contributed by atoms with E-state index in [0.29, 0.717) is 26.9 Å². The highest BCUT2D eigenvalue weighted by Crippen LogP contribution is 2.68. The van der Waals surface area contributed by atoms with E-state index in [1.807, 2.05) is 0 Å². The van der Waals surface area contributed by atoms with E-state index in [1.165, 1.54) is 55.9 Å². The molecule has 2 aliphatic carbocycles. The number of aryl methyl sites for hydroxylation is 1. The summed E-state index contributed by atoms with van der Waals surface area (Å²) >= 11 is 6.57. The van der Waals surface area contributed by atoms with Crippen LogP contribution in [-0.2, 0) is 46.9 Å². The molecule has 294 valence electrons. The van der Waals surface area contributed by atoms with Gasteiger partial charge in [0, 0.05) is 29.7 Å². The largest absolute Gasteiger partial charge is 0.435 e. The first-order valence-corrected chi connectivity index (χ1v) is 19.3. The number of hydrogen-bond donors (Lipinski definition) is 3. The third kappa shape index (κ3) is 7.54. The van der Waals surface area contributed by atoms with E-state index in [1.54, 1.807) is 18.2 Å². The van der Waals surface area contributed by atoms with Crippen molar-refractivity contribution in [3.05, 3.63) is 93.3 Å². The summed E-state index contributed by atoms with van der Waals surface area (Å²) < 4.78 is 116. The number of hydrogen-bond acceptors (Lipinski definition) is 7. The van der Waals surface area contributed by atoms with Gasteiger partial charge in [0.05, 0.1) is 33.9 Å². The minimum atomic E-state index is -5.05. The molecule has 0 aliphatic heterocycles. The van der Waals surface area contributed by atoms with Crippen molar-refractivity contribution in [2.75, 3.05) is 11.0 Å². The Morgan fingerprint density at radius 3 is 2.50 bits per heavy atom. The molecule has 56 heavy (non-hydrogen) atoms. The minimum absolute atomic E-state index is 0.0805. The normalized spacial score (nSPS) is 17.9. The van der Waals surface area contributed by atoms with E-state index in [-0.39, 0.29) is 40.5 Å². The molecule has 1 fully saturated rings. The zero-order valence-electron chi connectivity index (χ0n) is 29.9. The summed E-state index contributed by atoms with van der Waals surface area (Å²) in [6.07, 6.45) is -4.40. The lowest BCUT2D eigenvalue weighted by Gasteiger charge is -2.23. The molecule has 19 heteroatoms. The summed E-state index contributed by atoms with van der Waals surface area (Å²) in [4.78, 5) is 18.6. The number of sulfonamides is 1. The number of alkyl halides is 5. The Morgan fingerprint density at radius 2 is 1.84 bits per heavy atom. The number of amides is 1. The topological polar surface area (TPSA) is 144 Å². The van der Waals surface area contributed by atoms with Crippen LogP contribution in [0.15, 0.2) is 48.5 Å². The second-order valence-electron chi connectivity index (χ2n) is 14.4. The van der Waals surface area contributed by atoms with Gasteiger partial charge in [-0.3, -0.25) is 18.9 Å². The Balaban J connectivity index is 1.38. The number of benzene rings is 2. The molecule has 1 amide bonds. The van der Waals surface area contributed by atoms with E-state index in [4.69, 9.17) is 16.6 Å². The van der Waals surface area contributed by atoms with E-state index >= 15 is 8.78 Å². The van der Waals surface area contributed by atoms with E-state index in [9.17, 15) is 35.9 Å². The van der Waals surface area contributed by atoms with Gasteiger partial charge >= 0.3 is 6.18 Å². The third-order valence-electron chi connectivity index (χ3n) is 9.42. The van der Waals surface area contributed by atoms with Gasteiger partial charge in [0.15, 0.2) is 11.5 Å². The number of rotatable bonds is 9. The van der Waals surface area contributed by atoms with Crippen molar-refractivity contribution in [3.8, 4) is 23.0 Å². The summed E-state index contributed by atoms with van der Waals surface area (Å²) in [6, 6.07) is 10.4. The molecule has 3 aromatic heterocycles. The van der Waals surface area contributed by atoms with Crippen LogP contribution in [0.25, 0.3) is 22.0 Å². The highest BCUT2D eigenvalue weighted by atomic mass is 35.5. The predicted octanol–water partition coefficient (Wildman–Crippen LogP) is 6.45. The lowest BCUT2D eigenvalue weighted by Crippen LogP contribution is -2.35. The number of pyridine rings is 1. The van der Waals surface area contributed by atoms with Crippen LogP contribution in [0.5, 0.6) is 0 Å². The Bertz CT molecular complexity index is 2610. The standard InChI is InChI=1S/C37H32ClF6N7O4S/c1-35(2,53)13-12-20-8-9-21(22-10-11-25(38)29-31(22)50(3)48-34(29)49-56(4,54)55)30(45-20)26(15-18-6-5-7-19(39)14-18)46-27(52)17-51-33-28(32(47-51)37(42,43)44)23-16-24(23)36(33,40)41/h5-11,14,23-24,26,53H,15-17H2,1-4H3,(H,46,52)(H,48,49)/t23?,24-,26+/m1/s1. The molecule has 1 saturated carbocycles.